The molecule has 0 aromatic heterocycles. The van der Waals surface area contributed by atoms with Crippen molar-refractivity contribution in [3.63, 3.8) is 0 Å². The third-order valence-corrected chi connectivity index (χ3v) is 1.85. The van der Waals surface area contributed by atoms with Crippen LogP contribution in [-0.4, -0.2) is 13.6 Å². The Labute approximate surface area is 82.2 Å². The second kappa shape index (κ2) is 5.76. The summed E-state index contributed by atoms with van der Waals surface area (Å²) in [6.07, 6.45) is 2.20. The summed E-state index contributed by atoms with van der Waals surface area (Å²) in [5.74, 6) is 0. The molecule has 0 aromatic carbocycles. The summed E-state index contributed by atoms with van der Waals surface area (Å²) >= 11 is 0. The summed E-state index contributed by atoms with van der Waals surface area (Å²) < 4.78 is 0. The molecule has 0 spiro atoms. The molecule has 0 rings (SSSR count). The molecule has 0 unspecified atom stereocenters. The Kier molecular flexibility index (Phi) is 5.40. The maximum absolute atomic E-state index is 3.98. The SMILES string of the molecule is C=C(C)/C(CNC)=C(/C)C=C(C)C. The quantitative estimate of drug-likeness (QED) is 0.654. The average Bonchev–Trinajstić information content (AvgIpc) is 1.97. The molecule has 0 fully saturated rings. The Morgan fingerprint density at radius 3 is 2.08 bits per heavy atom. The van der Waals surface area contributed by atoms with Crippen molar-refractivity contribution < 1.29 is 0 Å². The van der Waals surface area contributed by atoms with Crippen LogP contribution in [0.4, 0.5) is 0 Å². The Hall–Kier alpha value is -0.820. The fourth-order valence-electron chi connectivity index (χ4n) is 1.32. The lowest BCUT2D eigenvalue weighted by atomic mass is 10.0. The van der Waals surface area contributed by atoms with E-state index in [2.05, 4.69) is 45.7 Å². The van der Waals surface area contributed by atoms with Crippen LogP contribution in [0.3, 0.4) is 0 Å². The van der Waals surface area contributed by atoms with E-state index in [1.165, 1.54) is 16.7 Å². The average molecular weight is 179 g/mol. The molecule has 1 N–H and O–H groups in total. The van der Waals surface area contributed by atoms with Crippen LogP contribution in [0.5, 0.6) is 0 Å². The van der Waals surface area contributed by atoms with E-state index in [-0.39, 0.29) is 0 Å². The van der Waals surface area contributed by atoms with Crippen LogP contribution >= 0.6 is 0 Å². The van der Waals surface area contributed by atoms with Gasteiger partial charge in [0, 0.05) is 6.54 Å². The van der Waals surface area contributed by atoms with Gasteiger partial charge in [0.2, 0.25) is 0 Å². The summed E-state index contributed by atoms with van der Waals surface area (Å²) in [5, 5.41) is 3.16. The molecule has 0 heterocycles. The zero-order valence-corrected chi connectivity index (χ0v) is 9.49. The maximum Gasteiger partial charge on any atom is 0.0207 e. The van der Waals surface area contributed by atoms with Crippen LogP contribution in [0.15, 0.2) is 34.9 Å². The van der Waals surface area contributed by atoms with Gasteiger partial charge in [0.1, 0.15) is 0 Å². The molecule has 0 aliphatic carbocycles. The van der Waals surface area contributed by atoms with Gasteiger partial charge in [-0.05, 0) is 45.9 Å². The highest BCUT2D eigenvalue weighted by atomic mass is 14.8. The summed E-state index contributed by atoms with van der Waals surface area (Å²) in [4.78, 5) is 0. The van der Waals surface area contributed by atoms with Crippen LogP contribution < -0.4 is 5.32 Å². The van der Waals surface area contributed by atoms with Crippen molar-refractivity contribution in [1.82, 2.24) is 5.32 Å². The molecule has 0 saturated heterocycles. The number of allylic oxidation sites excluding steroid dienone is 3. The highest BCUT2D eigenvalue weighted by molar-refractivity contribution is 5.38. The first-order chi connectivity index (χ1) is 5.99. The first-order valence-corrected chi connectivity index (χ1v) is 4.64. The van der Waals surface area contributed by atoms with Crippen LogP contribution in [0, 0.1) is 0 Å². The highest BCUT2D eigenvalue weighted by Gasteiger charge is 2.00. The molecule has 0 aliphatic heterocycles. The van der Waals surface area contributed by atoms with Crippen LogP contribution in [0.1, 0.15) is 27.7 Å². The first kappa shape index (κ1) is 12.2. The van der Waals surface area contributed by atoms with Crippen molar-refractivity contribution in [2.24, 2.45) is 0 Å². The summed E-state index contributed by atoms with van der Waals surface area (Å²) in [5.41, 5.74) is 5.09. The smallest absolute Gasteiger partial charge is 0.0207 e. The van der Waals surface area contributed by atoms with Gasteiger partial charge in [0.05, 0.1) is 0 Å². The zero-order valence-electron chi connectivity index (χ0n) is 9.49. The van der Waals surface area contributed by atoms with Crippen LogP contribution in [0.25, 0.3) is 0 Å². The molecule has 0 radical (unpaired) electrons. The van der Waals surface area contributed by atoms with Crippen molar-refractivity contribution in [2.45, 2.75) is 27.7 Å². The standard InChI is InChI=1S/C12H21N/c1-9(2)7-11(5)12(8-13-6)10(3)4/h7,13H,3,8H2,1-2,4-6H3/b12-11-. The van der Waals surface area contributed by atoms with Crippen molar-refractivity contribution >= 4 is 0 Å². The van der Waals surface area contributed by atoms with E-state index in [0.29, 0.717) is 0 Å². The third kappa shape index (κ3) is 4.69. The van der Waals surface area contributed by atoms with Gasteiger partial charge >= 0.3 is 0 Å². The normalized spacial score (nSPS) is 12.1. The van der Waals surface area contributed by atoms with E-state index in [9.17, 15) is 0 Å². The highest BCUT2D eigenvalue weighted by Crippen LogP contribution is 2.14. The molecule has 13 heavy (non-hydrogen) atoms. The van der Waals surface area contributed by atoms with Crippen molar-refractivity contribution in [3.8, 4) is 0 Å². The van der Waals surface area contributed by atoms with Crippen molar-refractivity contribution in [3.05, 3.63) is 34.9 Å². The van der Waals surface area contributed by atoms with Gasteiger partial charge in [-0.2, -0.15) is 0 Å². The van der Waals surface area contributed by atoms with E-state index >= 15 is 0 Å². The van der Waals surface area contributed by atoms with Gasteiger partial charge in [0.25, 0.3) is 0 Å². The number of nitrogens with one attached hydrogen (secondary N) is 1. The summed E-state index contributed by atoms with van der Waals surface area (Å²) in [6, 6.07) is 0. The molecule has 0 aliphatic rings. The minimum absolute atomic E-state index is 0.894. The largest absolute Gasteiger partial charge is 0.316 e. The predicted octanol–water partition coefficient (Wildman–Crippen LogP) is 3.06. The van der Waals surface area contributed by atoms with Crippen LogP contribution in [-0.2, 0) is 0 Å². The van der Waals surface area contributed by atoms with Crippen molar-refractivity contribution in [1.29, 1.82) is 0 Å². The molecule has 0 aromatic rings. The van der Waals surface area contributed by atoms with Gasteiger partial charge in [-0.3, -0.25) is 0 Å². The van der Waals surface area contributed by atoms with E-state index < -0.39 is 0 Å². The van der Waals surface area contributed by atoms with Crippen LogP contribution in [0.2, 0.25) is 0 Å². The van der Waals surface area contributed by atoms with Gasteiger partial charge in [0.15, 0.2) is 0 Å². The fraction of sp³-hybridized carbons (Fsp3) is 0.500. The number of hydrogen-bond acceptors (Lipinski definition) is 1. The molecule has 74 valence electrons. The molecule has 0 bridgehead atoms. The summed E-state index contributed by atoms with van der Waals surface area (Å²) in [7, 11) is 1.96. The lowest BCUT2D eigenvalue weighted by molar-refractivity contribution is 0.878. The lowest BCUT2D eigenvalue weighted by Crippen LogP contribution is -2.12. The molecule has 0 atom stereocenters. The molecular weight excluding hydrogens is 158 g/mol. The van der Waals surface area contributed by atoms with E-state index in [1.54, 1.807) is 0 Å². The van der Waals surface area contributed by atoms with E-state index in [4.69, 9.17) is 0 Å². The zero-order chi connectivity index (χ0) is 10.4. The van der Waals surface area contributed by atoms with Gasteiger partial charge in [-0.15, -0.1) is 0 Å². The topological polar surface area (TPSA) is 12.0 Å². The predicted molar refractivity (Wildman–Crippen MR) is 60.9 cm³/mol. The van der Waals surface area contributed by atoms with E-state index in [0.717, 1.165) is 12.1 Å². The second-order valence-corrected chi connectivity index (χ2v) is 3.69. The lowest BCUT2D eigenvalue weighted by Gasteiger charge is -2.09. The molecular formula is C12H21N. The number of likely N-dealkylation sites (N-methyl/N-ethyl adjacent to an activating group) is 1. The molecule has 0 saturated carbocycles. The van der Waals surface area contributed by atoms with Crippen molar-refractivity contribution in [2.75, 3.05) is 13.6 Å². The Bertz CT molecular complexity index is 240. The first-order valence-electron chi connectivity index (χ1n) is 4.64. The van der Waals surface area contributed by atoms with Gasteiger partial charge < -0.3 is 5.32 Å². The minimum atomic E-state index is 0.894. The Morgan fingerprint density at radius 1 is 1.23 bits per heavy atom. The Morgan fingerprint density at radius 2 is 1.77 bits per heavy atom. The number of rotatable bonds is 4. The van der Waals surface area contributed by atoms with Gasteiger partial charge in [-0.1, -0.05) is 23.8 Å². The van der Waals surface area contributed by atoms with E-state index in [1.807, 2.05) is 7.05 Å². The monoisotopic (exact) mass is 179 g/mol. The summed E-state index contributed by atoms with van der Waals surface area (Å²) in [6.45, 7) is 13.3. The number of hydrogen-bond donors (Lipinski definition) is 1. The Balaban J connectivity index is 4.86. The molecule has 1 heteroatoms. The molecule has 1 nitrogen and oxygen atoms in total. The fourth-order valence-corrected chi connectivity index (χ4v) is 1.32. The van der Waals surface area contributed by atoms with Gasteiger partial charge in [-0.25, -0.2) is 0 Å². The maximum atomic E-state index is 3.98. The molecule has 0 amide bonds. The second-order valence-electron chi connectivity index (χ2n) is 3.69. The minimum Gasteiger partial charge on any atom is -0.316 e. The third-order valence-electron chi connectivity index (χ3n) is 1.85.